The van der Waals surface area contributed by atoms with E-state index in [1.807, 2.05) is 0 Å². The number of amides is 2. The van der Waals surface area contributed by atoms with Crippen LogP contribution in [0, 0.1) is 13.8 Å². The molecule has 102 valence electrons. The number of aryl methyl sites for hydroxylation is 3. The molecule has 2 N–H and O–H groups in total. The summed E-state index contributed by atoms with van der Waals surface area (Å²) >= 11 is 0. The molecular formula is C15H20N2O2. The van der Waals surface area contributed by atoms with E-state index in [1.54, 1.807) is 0 Å². The third kappa shape index (κ3) is 3.81. The number of hydrogen-bond donors (Lipinski definition) is 2. The fourth-order valence-electron chi connectivity index (χ4n) is 2.38. The number of nitrogens with one attached hydrogen (secondary N) is 2. The van der Waals surface area contributed by atoms with E-state index in [1.165, 1.54) is 16.7 Å². The molecule has 1 atom stereocenters. The van der Waals surface area contributed by atoms with Crippen LogP contribution in [0.2, 0.25) is 0 Å². The molecule has 1 aromatic carbocycles. The largest absolute Gasteiger partial charge is 0.354 e. The van der Waals surface area contributed by atoms with Crippen LogP contribution in [0.1, 0.15) is 29.5 Å². The first kappa shape index (κ1) is 13.6. The predicted octanol–water partition coefficient (Wildman–Crippen LogP) is 1.24. The minimum Gasteiger partial charge on any atom is -0.354 e. The lowest BCUT2D eigenvalue weighted by atomic mass is 10.0. The predicted molar refractivity (Wildman–Crippen MR) is 73.8 cm³/mol. The average molecular weight is 260 g/mol. The fourth-order valence-corrected chi connectivity index (χ4v) is 2.38. The molecule has 1 heterocycles. The SMILES string of the molecule is Cc1ccc(CCC(=O)NC2CNC(=O)C2)c(C)c1. The Kier molecular flexibility index (Phi) is 4.20. The third-order valence-electron chi connectivity index (χ3n) is 3.46. The summed E-state index contributed by atoms with van der Waals surface area (Å²) in [5.41, 5.74) is 3.67. The van der Waals surface area contributed by atoms with Crippen molar-refractivity contribution in [3.05, 3.63) is 34.9 Å². The van der Waals surface area contributed by atoms with Gasteiger partial charge in [0.2, 0.25) is 11.8 Å². The maximum absolute atomic E-state index is 11.8. The molecular weight excluding hydrogens is 240 g/mol. The molecule has 1 fully saturated rings. The van der Waals surface area contributed by atoms with Crippen LogP contribution in [0.5, 0.6) is 0 Å². The van der Waals surface area contributed by atoms with E-state index in [0.29, 0.717) is 19.4 Å². The van der Waals surface area contributed by atoms with E-state index in [9.17, 15) is 9.59 Å². The molecule has 1 aromatic rings. The van der Waals surface area contributed by atoms with Gasteiger partial charge >= 0.3 is 0 Å². The van der Waals surface area contributed by atoms with Gasteiger partial charge in [0.25, 0.3) is 0 Å². The average Bonchev–Trinajstić information content (AvgIpc) is 2.73. The Morgan fingerprint density at radius 3 is 2.84 bits per heavy atom. The highest BCUT2D eigenvalue weighted by atomic mass is 16.2. The van der Waals surface area contributed by atoms with Crippen molar-refractivity contribution in [1.29, 1.82) is 0 Å². The Hall–Kier alpha value is -1.84. The number of benzene rings is 1. The minimum absolute atomic E-state index is 0.0136. The maximum atomic E-state index is 11.8. The van der Waals surface area contributed by atoms with Crippen molar-refractivity contribution >= 4 is 11.8 Å². The van der Waals surface area contributed by atoms with Crippen molar-refractivity contribution in [3.8, 4) is 0 Å². The topological polar surface area (TPSA) is 58.2 Å². The van der Waals surface area contributed by atoms with Crippen LogP contribution < -0.4 is 10.6 Å². The van der Waals surface area contributed by atoms with Crippen molar-refractivity contribution in [2.45, 2.75) is 39.2 Å². The van der Waals surface area contributed by atoms with E-state index in [0.717, 1.165) is 6.42 Å². The fraction of sp³-hybridized carbons (Fsp3) is 0.467. The van der Waals surface area contributed by atoms with Gasteiger partial charge in [0.15, 0.2) is 0 Å². The van der Waals surface area contributed by atoms with Crippen LogP contribution >= 0.6 is 0 Å². The molecule has 0 spiro atoms. The molecule has 1 aliphatic rings. The summed E-state index contributed by atoms with van der Waals surface area (Å²) in [6.45, 7) is 4.68. The quantitative estimate of drug-likeness (QED) is 0.855. The molecule has 1 saturated heterocycles. The Bertz CT molecular complexity index is 497. The zero-order chi connectivity index (χ0) is 13.8. The Morgan fingerprint density at radius 2 is 2.21 bits per heavy atom. The highest BCUT2D eigenvalue weighted by molar-refractivity contribution is 5.82. The lowest BCUT2D eigenvalue weighted by Gasteiger charge is -2.11. The molecule has 1 aliphatic heterocycles. The Morgan fingerprint density at radius 1 is 1.42 bits per heavy atom. The molecule has 0 radical (unpaired) electrons. The van der Waals surface area contributed by atoms with Gasteiger partial charge in [-0.1, -0.05) is 23.8 Å². The first-order valence-electron chi connectivity index (χ1n) is 6.67. The van der Waals surface area contributed by atoms with Crippen LogP contribution in [0.4, 0.5) is 0 Å². The van der Waals surface area contributed by atoms with Crippen molar-refractivity contribution in [2.24, 2.45) is 0 Å². The molecule has 0 saturated carbocycles. The third-order valence-corrected chi connectivity index (χ3v) is 3.46. The molecule has 2 amide bonds. The molecule has 4 heteroatoms. The summed E-state index contributed by atoms with van der Waals surface area (Å²) < 4.78 is 0. The molecule has 1 unspecified atom stereocenters. The first-order valence-corrected chi connectivity index (χ1v) is 6.67. The normalized spacial score (nSPS) is 18.2. The van der Waals surface area contributed by atoms with Crippen molar-refractivity contribution < 1.29 is 9.59 Å². The molecule has 0 aliphatic carbocycles. The number of carbonyl (C=O) groups is 2. The lowest BCUT2D eigenvalue weighted by molar-refractivity contribution is -0.121. The first-order chi connectivity index (χ1) is 9.04. The van der Waals surface area contributed by atoms with E-state index in [2.05, 4.69) is 42.7 Å². The van der Waals surface area contributed by atoms with Crippen molar-refractivity contribution in [1.82, 2.24) is 10.6 Å². The van der Waals surface area contributed by atoms with Gasteiger partial charge in [0, 0.05) is 19.4 Å². The van der Waals surface area contributed by atoms with Gasteiger partial charge in [0.1, 0.15) is 0 Å². The zero-order valence-corrected chi connectivity index (χ0v) is 11.5. The molecule has 2 rings (SSSR count). The van der Waals surface area contributed by atoms with E-state index in [-0.39, 0.29) is 17.9 Å². The second-order valence-corrected chi connectivity index (χ2v) is 5.20. The van der Waals surface area contributed by atoms with Gasteiger partial charge in [-0.15, -0.1) is 0 Å². The monoisotopic (exact) mass is 260 g/mol. The van der Waals surface area contributed by atoms with Gasteiger partial charge in [-0.2, -0.15) is 0 Å². The Labute approximate surface area is 113 Å². The highest BCUT2D eigenvalue weighted by Gasteiger charge is 2.22. The van der Waals surface area contributed by atoms with Crippen LogP contribution in [0.3, 0.4) is 0 Å². The summed E-state index contributed by atoms with van der Waals surface area (Å²) in [4.78, 5) is 22.8. The second kappa shape index (κ2) is 5.87. The standard InChI is InChI=1S/C15H20N2O2/c1-10-3-4-12(11(2)7-10)5-6-14(18)17-13-8-15(19)16-9-13/h3-4,7,13H,5-6,8-9H2,1-2H3,(H,16,19)(H,17,18). The summed E-state index contributed by atoms with van der Waals surface area (Å²) in [5, 5.41) is 5.60. The summed E-state index contributed by atoms with van der Waals surface area (Å²) in [5.74, 6) is 0.0288. The Balaban J connectivity index is 1.81. The van der Waals surface area contributed by atoms with E-state index >= 15 is 0 Å². The van der Waals surface area contributed by atoms with Gasteiger partial charge in [-0.25, -0.2) is 0 Å². The van der Waals surface area contributed by atoms with Crippen LogP contribution in [-0.2, 0) is 16.0 Å². The summed E-state index contributed by atoms with van der Waals surface area (Å²) in [7, 11) is 0. The van der Waals surface area contributed by atoms with Crippen LogP contribution in [0.15, 0.2) is 18.2 Å². The van der Waals surface area contributed by atoms with Crippen LogP contribution in [0.25, 0.3) is 0 Å². The summed E-state index contributed by atoms with van der Waals surface area (Å²) in [6.07, 6.45) is 1.61. The minimum atomic E-state index is -0.0425. The molecule has 0 aromatic heterocycles. The smallest absolute Gasteiger partial charge is 0.222 e. The van der Waals surface area contributed by atoms with Gasteiger partial charge in [-0.3, -0.25) is 9.59 Å². The van der Waals surface area contributed by atoms with Crippen molar-refractivity contribution in [3.63, 3.8) is 0 Å². The van der Waals surface area contributed by atoms with Crippen LogP contribution in [-0.4, -0.2) is 24.4 Å². The van der Waals surface area contributed by atoms with Gasteiger partial charge < -0.3 is 10.6 Å². The van der Waals surface area contributed by atoms with Gasteiger partial charge in [-0.05, 0) is 31.4 Å². The number of rotatable bonds is 4. The number of carbonyl (C=O) groups excluding carboxylic acids is 2. The number of hydrogen-bond acceptors (Lipinski definition) is 2. The molecule has 19 heavy (non-hydrogen) atoms. The molecule has 4 nitrogen and oxygen atoms in total. The van der Waals surface area contributed by atoms with E-state index in [4.69, 9.17) is 0 Å². The lowest BCUT2D eigenvalue weighted by Crippen LogP contribution is -2.36. The summed E-state index contributed by atoms with van der Waals surface area (Å²) in [6, 6.07) is 6.24. The highest BCUT2D eigenvalue weighted by Crippen LogP contribution is 2.12. The van der Waals surface area contributed by atoms with E-state index < -0.39 is 0 Å². The zero-order valence-electron chi connectivity index (χ0n) is 11.5. The molecule has 0 bridgehead atoms. The van der Waals surface area contributed by atoms with Gasteiger partial charge in [0.05, 0.1) is 6.04 Å². The van der Waals surface area contributed by atoms with Crippen molar-refractivity contribution in [2.75, 3.05) is 6.54 Å². The second-order valence-electron chi connectivity index (χ2n) is 5.20. The maximum Gasteiger partial charge on any atom is 0.222 e.